The molecule has 0 bridgehead atoms. The van der Waals surface area contributed by atoms with Gasteiger partial charge in [-0.3, -0.25) is 0 Å². The Morgan fingerprint density at radius 2 is 1.60 bits per heavy atom. The number of carbonyl (C=O) groups is 1. The molecule has 0 aliphatic heterocycles. The highest BCUT2D eigenvalue weighted by molar-refractivity contribution is 5.56. The lowest BCUT2D eigenvalue weighted by Crippen LogP contribution is -2.01. The monoisotopic (exact) mass is 284 g/mol. The lowest BCUT2D eigenvalue weighted by atomic mass is 10.1. The fourth-order valence-corrected chi connectivity index (χ4v) is 1.53. The molecule has 1 rings (SSSR count). The van der Waals surface area contributed by atoms with Gasteiger partial charge in [0.25, 0.3) is 0 Å². The summed E-state index contributed by atoms with van der Waals surface area (Å²) in [7, 11) is 0. The van der Waals surface area contributed by atoms with Gasteiger partial charge in [0.15, 0.2) is 0 Å². The van der Waals surface area contributed by atoms with Crippen LogP contribution >= 0.6 is 0 Å². The van der Waals surface area contributed by atoms with E-state index < -0.39 is 6.16 Å². The zero-order valence-corrected chi connectivity index (χ0v) is 11.9. The first kappa shape index (κ1) is 18.1. The molecule has 3 N–H and O–H groups in total. The van der Waals surface area contributed by atoms with E-state index in [0.717, 1.165) is 12.8 Å². The van der Waals surface area contributed by atoms with Crippen molar-refractivity contribution in [1.29, 1.82) is 0 Å². The van der Waals surface area contributed by atoms with Crippen molar-refractivity contribution in [2.45, 2.75) is 45.4 Å². The maximum absolute atomic E-state index is 9.91. The average molecular weight is 284 g/mol. The highest BCUT2D eigenvalue weighted by Gasteiger charge is 1.95. The molecule has 114 valence electrons. The fraction of sp³-hybridized carbons (Fsp3) is 0.533. The fourth-order valence-electron chi connectivity index (χ4n) is 1.53. The van der Waals surface area contributed by atoms with Gasteiger partial charge in [0.1, 0.15) is 11.5 Å². The van der Waals surface area contributed by atoms with Gasteiger partial charge in [0.2, 0.25) is 0 Å². The summed E-state index contributed by atoms with van der Waals surface area (Å²) in [5.41, 5.74) is 0. The molecule has 5 heteroatoms. The second kappa shape index (κ2) is 12.1. The molecule has 20 heavy (non-hydrogen) atoms. The van der Waals surface area contributed by atoms with Crippen LogP contribution in [-0.2, 0) is 4.74 Å². The SMILES string of the molecule is CCCCCCCCOC(=O)O.Oc1cccc(O)c1. The first-order chi connectivity index (χ1) is 9.56. The number of hydrogen-bond donors (Lipinski definition) is 3. The van der Waals surface area contributed by atoms with E-state index in [2.05, 4.69) is 11.7 Å². The predicted molar refractivity (Wildman–Crippen MR) is 77.1 cm³/mol. The van der Waals surface area contributed by atoms with Gasteiger partial charge in [0, 0.05) is 6.07 Å². The maximum atomic E-state index is 9.91. The average Bonchev–Trinajstić information content (AvgIpc) is 2.38. The van der Waals surface area contributed by atoms with Crippen molar-refractivity contribution in [2.24, 2.45) is 0 Å². The van der Waals surface area contributed by atoms with Crippen LogP contribution in [-0.4, -0.2) is 28.1 Å². The van der Waals surface area contributed by atoms with Crippen LogP contribution in [0.4, 0.5) is 4.79 Å². The normalized spacial score (nSPS) is 9.45. The Morgan fingerprint density at radius 3 is 2.05 bits per heavy atom. The van der Waals surface area contributed by atoms with Crippen molar-refractivity contribution in [3.63, 3.8) is 0 Å². The molecule has 0 unspecified atom stereocenters. The Hall–Kier alpha value is -1.91. The van der Waals surface area contributed by atoms with Crippen molar-refractivity contribution >= 4 is 6.16 Å². The zero-order valence-electron chi connectivity index (χ0n) is 11.9. The zero-order chi connectivity index (χ0) is 15.2. The third-order valence-electron chi connectivity index (χ3n) is 2.55. The van der Waals surface area contributed by atoms with Gasteiger partial charge in [-0.1, -0.05) is 45.1 Å². The molecule has 0 saturated heterocycles. The summed E-state index contributed by atoms with van der Waals surface area (Å²) in [5, 5.41) is 25.4. The molecular formula is C15H24O5. The van der Waals surface area contributed by atoms with Gasteiger partial charge in [-0.25, -0.2) is 4.79 Å². The number of carboxylic acid groups (broad SMARTS) is 1. The number of unbranched alkanes of at least 4 members (excludes halogenated alkanes) is 5. The summed E-state index contributed by atoms with van der Waals surface area (Å²) in [6, 6.07) is 5.85. The van der Waals surface area contributed by atoms with Crippen LogP contribution in [0.3, 0.4) is 0 Å². The highest BCUT2D eigenvalue weighted by Crippen LogP contribution is 2.14. The van der Waals surface area contributed by atoms with Crippen LogP contribution in [0.5, 0.6) is 11.5 Å². The van der Waals surface area contributed by atoms with Crippen LogP contribution in [0.1, 0.15) is 45.4 Å². The number of hydrogen-bond acceptors (Lipinski definition) is 4. The van der Waals surface area contributed by atoms with Crippen molar-refractivity contribution in [1.82, 2.24) is 0 Å². The maximum Gasteiger partial charge on any atom is 0.505 e. The van der Waals surface area contributed by atoms with Crippen LogP contribution < -0.4 is 0 Å². The van der Waals surface area contributed by atoms with E-state index in [1.54, 1.807) is 6.07 Å². The molecule has 0 aliphatic rings. The number of rotatable bonds is 7. The third-order valence-corrected chi connectivity index (χ3v) is 2.55. The van der Waals surface area contributed by atoms with E-state index in [9.17, 15) is 4.79 Å². The number of phenolic OH excluding ortho intramolecular Hbond substituents is 2. The Kier molecular flexibility index (Phi) is 11.0. The Balaban J connectivity index is 0.000000388. The molecule has 0 aromatic heterocycles. The first-order valence-corrected chi connectivity index (χ1v) is 6.90. The molecule has 0 heterocycles. The number of phenols is 2. The quantitative estimate of drug-likeness (QED) is 0.517. The number of ether oxygens (including phenoxy) is 1. The van der Waals surface area contributed by atoms with E-state index in [4.69, 9.17) is 15.3 Å². The Bertz CT molecular complexity index is 348. The second-order valence-electron chi connectivity index (χ2n) is 4.40. The minimum atomic E-state index is -1.16. The molecule has 0 aliphatic carbocycles. The molecule has 0 spiro atoms. The minimum absolute atomic E-state index is 0.0880. The third kappa shape index (κ3) is 12.5. The molecule has 0 atom stereocenters. The molecule has 1 aromatic rings. The van der Waals surface area contributed by atoms with Crippen LogP contribution in [0.15, 0.2) is 24.3 Å². The Labute approximate surface area is 119 Å². The van der Waals surface area contributed by atoms with Crippen LogP contribution in [0.25, 0.3) is 0 Å². The molecule has 0 fully saturated rings. The summed E-state index contributed by atoms with van der Waals surface area (Å²) in [6.07, 6.45) is 5.73. The van der Waals surface area contributed by atoms with Gasteiger partial charge in [0.05, 0.1) is 6.61 Å². The van der Waals surface area contributed by atoms with E-state index in [1.165, 1.54) is 43.9 Å². The van der Waals surface area contributed by atoms with E-state index >= 15 is 0 Å². The van der Waals surface area contributed by atoms with Crippen molar-refractivity contribution in [2.75, 3.05) is 6.61 Å². The standard InChI is InChI=1S/C9H18O3.C6H6O2/c1-2-3-4-5-6-7-8-12-9(10)11;7-5-2-1-3-6(8)4-5/h2-8H2,1H3,(H,10,11);1-4,7-8H. The van der Waals surface area contributed by atoms with Crippen molar-refractivity contribution in [3.8, 4) is 11.5 Å². The predicted octanol–water partition coefficient (Wildman–Crippen LogP) is 4.14. The largest absolute Gasteiger partial charge is 0.508 e. The minimum Gasteiger partial charge on any atom is -0.508 e. The van der Waals surface area contributed by atoms with Gasteiger partial charge >= 0.3 is 6.16 Å². The molecule has 0 saturated carbocycles. The summed E-state index contributed by atoms with van der Waals surface area (Å²) in [6.45, 7) is 2.52. The van der Waals surface area contributed by atoms with Crippen molar-refractivity contribution in [3.05, 3.63) is 24.3 Å². The van der Waals surface area contributed by atoms with Gasteiger partial charge < -0.3 is 20.1 Å². The molecular weight excluding hydrogens is 260 g/mol. The van der Waals surface area contributed by atoms with Gasteiger partial charge in [-0.2, -0.15) is 0 Å². The summed E-state index contributed by atoms with van der Waals surface area (Å²) < 4.78 is 4.37. The topological polar surface area (TPSA) is 87.0 Å². The van der Waals surface area contributed by atoms with Gasteiger partial charge in [-0.05, 0) is 18.6 Å². The lowest BCUT2D eigenvalue weighted by molar-refractivity contribution is 0.0899. The Morgan fingerprint density at radius 1 is 1.05 bits per heavy atom. The van der Waals surface area contributed by atoms with E-state index in [-0.39, 0.29) is 11.5 Å². The highest BCUT2D eigenvalue weighted by atomic mass is 16.7. The summed E-state index contributed by atoms with van der Waals surface area (Å²) >= 11 is 0. The molecule has 5 nitrogen and oxygen atoms in total. The van der Waals surface area contributed by atoms with Crippen LogP contribution in [0, 0.1) is 0 Å². The molecule has 0 radical (unpaired) electrons. The first-order valence-electron chi connectivity index (χ1n) is 6.90. The molecule has 1 aromatic carbocycles. The summed E-state index contributed by atoms with van der Waals surface area (Å²) in [4.78, 5) is 9.91. The van der Waals surface area contributed by atoms with Crippen LogP contribution in [0.2, 0.25) is 0 Å². The smallest absolute Gasteiger partial charge is 0.505 e. The summed E-state index contributed by atoms with van der Waals surface area (Å²) in [5.74, 6) is 0.176. The van der Waals surface area contributed by atoms with E-state index in [1.807, 2.05) is 0 Å². The number of aromatic hydroxyl groups is 2. The number of benzene rings is 1. The van der Waals surface area contributed by atoms with Crippen molar-refractivity contribution < 1.29 is 24.9 Å². The van der Waals surface area contributed by atoms with E-state index in [0.29, 0.717) is 6.61 Å². The molecule has 0 amide bonds. The second-order valence-corrected chi connectivity index (χ2v) is 4.40. The lowest BCUT2D eigenvalue weighted by Gasteiger charge is -2.00. The van der Waals surface area contributed by atoms with Gasteiger partial charge in [-0.15, -0.1) is 0 Å².